The molecule has 0 spiro atoms. The van der Waals surface area contributed by atoms with E-state index >= 15 is 0 Å². The predicted octanol–water partition coefficient (Wildman–Crippen LogP) is -0.0515. The fourth-order valence-electron chi connectivity index (χ4n) is 1.71. The maximum absolute atomic E-state index is 11.6. The molecular formula is C11H18N2O3. The number of Topliss-reactive ketones (excluding diaryl/α,β-unsaturated/α-hetero) is 1. The van der Waals surface area contributed by atoms with Gasteiger partial charge in [0.15, 0.2) is 0 Å². The van der Waals surface area contributed by atoms with Crippen molar-refractivity contribution in [1.82, 2.24) is 10.2 Å². The number of nitrogens with one attached hydrogen (secondary N) is 1. The zero-order valence-electron chi connectivity index (χ0n) is 9.95. The highest BCUT2D eigenvalue weighted by Crippen LogP contribution is 2.10. The van der Waals surface area contributed by atoms with Gasteiger partial charge in [0.25, 0.3) is 0 Å². The largest absolute Gasteiger partial charge is 0.298 e. The normalized spacial score (nSPS) is 22.4. The Labute approximate surface area is 95.2 Å². The van der Waals surface area contributed by atoms with Crippen LogP contribution in [-0.2, 0) is 14.4 Å². The summed E-state index contributed by atoms with van der Waals surface area (Å²) in [5.74, 6) is -0.639. The molecule has 1 N–H and O–H groups in total. The zero-order valence-corrected chi connectivity index (χ0v) is 9.95. The van der Waals surface area contributed by atoms with Crippen molar-refractivity contribution in [3.8, 4) is 0 Å². The number of carbonyl (C=O) groups excluding carboxylic acids is 3. The first-order valence-electron chi connectivity index (χ1n) is 5.56. The van der Waals surface area contributed by atoms with Gasteiger partial charge in [-0.15, -0.1) is 0 Å². The van der Waals surface area contributed by atoms with Crippen molar-refractivity contribution in [3.05, 3.63) is 0 Å². The summed E-state index contributed by atoms with van der Waals surface area (Å²) in [4.78, 5) is 36.0. The van der Waals surface area contributed by atoms with Crippen LogP contribution in [-0.4, -0.2) is 41.6 Å². The molecule has 0 aromatic carbocycles. The van der Waals surface area contributed by atoms with Crippen molar-refractivity contribution in [2.75, 3.05) is 13.1 Å². The third-order valence-corrected chi connectivity index (χ3v) is 2.74. The molecule has 0 aromatic heterocycles. The van der Waals surface area contributed by atoms with Crippen molar-refractivity contribution in [3.63, 3.8) is 0 Å². The summed E-state index contributed by atoms with van der Waals surface area (Å²) < 4.78 is 0. The van der Waals surface area contributed by atoms with Crippen LogP contribution in [0, 0.1) is 5.92 Å². The number of piperazine rings is 1. The fraction of sp³-hybridized carbons (Fsp3) is 0.727. The molecular weight excluding hydrogens is 208 g/mol. The number of hydrogen-bond acceptors (Lipinski definition) is 4. The summed E-state index contributed by atoms with van der Waals surface area (Å²) in [5.41, 5.74) is 0. The number of carbonyl (C=O) groups is 3. The van der Waals surface area contributed by atoms with E-state index in [0.29, 0.717) is 6.42 Å². The first-order chi connectivity index (χ1) is 7.45. The van der Waals surface area contributed by atoms with Gasteiger partial charge in [-0.05, 0) is 6.42 Å². The molecule has 2 amide bonds. The number of amides is 2. The van der Waals surface area contributed by atoms with Gasteiger partial charge in [0.05, 0.1) is 19.1 Å². The first kappa shape index (κ1) is 12.8. The molecule has 5 nitrogen and oxygen atoms in total. The second-order valence-corrected chi connectivity index (χ2v) is 4.36. The van der Waals surface area contributed by atoms with Gasteiger partial charge in [-0.25, -0.2) is 0 Å². The van der Waals surface area contributed by atoms with Crippen molar-refractivity contribution in [2.45, 2.75) is 33.2 Å². The third-order valence-electron chi connectivity index (χ3n) is 2.74. The van der Waals surface area contributed by atoms with Gasteiger partial charge in [-0.2, -0.15) is 0 Å². The van der Waals surface area contributed by atoms with Crippen LogP contribution in [0.4, 0.5) is 0 Å². The molecule has 5 heteroatoms. The number of ketones is 1. The SMILES string of the molecule is CCC1C(=O)NC(=O)CN1CC(=O)C(C)C. The van der Waals surface area contributed by atoms with Crippen molar-refractivity contribution in [1.29, 1.82) is 0 Å². The number of hydrogen-bond donors (Lipinski definition) is 1. The van der Waals surface area contributed by atoms with Crippen LogP contribution in [0.5, 0.6) is 0 Å². The van der Waals surface area contributed by atoms with Gasteiger partial charge < -0.3 is 0 Å². The van der Waals surface area contributed by atoms with E-state index in [1.165, 1.54) is 0 Å². The minimum Gasteiger partial charge on any atom is -0.298 e. The van der Waals surface area contributed by atoms with Crippen LogP contribution in [0.2, 0.25) is 0 Å². The van der Waals surface area contributed by atoms with Crippen LogP contribution in [0.3, 0.4) is 0 Å². The van der Waals surface area contributed by atoms with Gasteiger partial charge in [-0.3, -0.25) is 24.6 Å². The van der Waals surface area contributed by atoms with E-state index in [0.717, 1.165) is 0 Å². The monoisotopic (exact) mass is 226 g/mol. The molecule has 0 bridgehead atoms. The van der Waals surface area contributed by atoms with Gasteiger partial charge in [-0.1, -0.05) is 20.8 Å². The molecule has 0 saturated carbocycles. The second kappa shape index (κ2) is 5.21. The third kappa shape index (κ3) is 2.88. The summed E-state index contributed by atoms with van der Waals surface area (Å²) in [6.45, 7) is 5.80. The van der Waals surface area contributed by atoms with Crippen LogP contribution >= 0.6 is 0 Å². The van der Waals surface area contributed by atoms with E-state index in [1.54, 1.807) is 4.90 Å². The van der Waals surface area contributed by atoms with E-state index in [9.17, 15) is 14.4 Å². The molecule has 1 heterocycles. The molecule has 1 aliphatic heterocycles. The molecule has 0 aliphatic carbocycles. The Kier molecular flexibility index (Phi) is 4.18. The molecule has 1 atom stereocenters. The smallest absolute Gasteiger partial charge is 0.243 e. The van der Waals surface area contributed by atoms with Crippen molar-refractivity contribution in [2.24, 2.45) is 5.92 Å². The lowest BCUT2D eigenvalue weighted by atomic mass is 10.1. The number of rotatable bonds is 4. The lowest BCUT2D eigenvalue weighted by Crippen LogP contribution is -2.59. The Morgan fingerprint density at radius 3 is 2.62 bits per heavy atom. The van der Waals surface area contributed by atoms with Gasteiger partial charge in [0.1, 0.15) is 5.78 Å². The average molecular weight is 226 g/mol. The van der Waals surface area contributed by atoms with Crippen molar-refractivity contribution >= 4 is 17.6 Å². The van der Waals surface area contributed by atoms with Crippen LogP contribution in [0.1, 0.15) is 27.2 Å². The van der Waals surface area contributed by atoms with Gasteiger partial charge >= 0.3 is 0 Å². The fourth-order valence-corrected chi connectivity index (χ4v) is 1.71. The van der Waals surface area contributed by atoms with E-state index in [4.69, 9.17) is 0 Å². The topological polar surface area (TPSA) is 66.5 Å². The molecule has 1 aliphatic rings. The minimum absolute atomic E-state index is 0.0564. The maximum atomic E-state index is 11.6. The highest BCUT2D eigenvalue weighted by Gasteiger charge is 2.33. The number of imide groups is 1. The first-order valence-corrected chi connectivity index (χ1v) is 5.56. The molecule has 1 saturated heterocycles. The second-order valence-electron chi connectivity index (χ2n) is 4.36. The molecule has 0 radical (unpaired) electrons. The molecule has 90 valence electrons. The predicted molar refractivity (Wildman–Crippen MR) is 58.6 cm³/mol. The van der Waals surface area contributed by atoms with Crippen molar-refractivity contribution < 1.29 is 14.4 Å². The molecule has 1 unspecified atom stereocenters. The summed E-state index contributed by atoms with van der Waals surface area (Å²) in [6.07, 6.45) is 0.602. The summed E-state index contributed by atoms with van der Waals surface area (Å²) >= 11 is 0. The molecule has 1 rings (SSSR count). The van der Waals surface area contributed by atoms with Crippen LogP contribution in [0.25, 0.3) is 0 Å². The molecule has 16 heavy (non-hydrogen) atoms. The number of nitrogens with zero attached hydrogens (tertiary/aromatic N) is 1. The quantitative estimate of drug-likeness (QED) is 0.682. The standard InChI is InChI=1S/C11H18N2O3/c1-4-8-11(16)12-10(15)6-13(8)5-9(14)7(2)3/h7-8H,4-6H2,1-3H3,(H,12,15,16). The average Bonchev–Trinajstić information content (AvgIpc) is 2.16. The Morgan fingerprint density at radius 1 is 1.50 bits per heavy atom. The van der Waals surface area contributed by atoms with Gasteiger partial charge in [0, 0.05) is 5.92 Å². The minimum atomic E-state index is -0.361. The lowest BCUT2D eigenvalue weighted by molar-refractivity contribution is -0.141. The zero-order chi connectivity index (χ0) is 12.3. The Bertz CT molecular complexity index is 312. The van der Waals surface area contributed by atoms with E-state index in [1.807, 2.05) is 20.8 Å². The summed E-state index contributed by atoms with van der Waals surface area (Å²) in [5, 5.41) is 2.28. The van der Waals surface area contributed by atoms with Gasteiger partial charge in [0.2, 0.25) is 11.8 Å². The Morgan fingerprint density at radius 2 is 2.12 bits per heavy atom. The highest BCUT2D eigenvalue weighted by molar-refractivity contribution is 6.01. The Balaban J connectivity index is 2.71. The van der Waals surface area contributed by atoms with E-state index < -0.39 is 0 Å². The van der Waals surface area contributed by atoms with Crippen LogP contribution < -0.4 is 5.32 Å². The van der Waals surface area contributed by atoms with Crippen LogP contribution in [0.15, 0.2) is 0 Å². The molecule has 1 fully saturated rings. The van der Waals surface area contributed by atoms with E-state index in [2.05, 4.69) is 5.32 Å². The molecule has 0 aromatic rings. The van der Waals surface area contributed by atoms with E-state index in [-0.39, 0.29) is 42.6 Å². The highest BCUT2D eigenvalue weighted by atomic mass is 16.2. The summed E-state index contributed by atoms with van der Waals surface area (Å²) in [6, 6.07) is -0.361. The summed E-state index contributed by atoms with van der Waals surface area (Å²) in [7, 11) is 0. The lowest BCUT2D eigenvalue weighted by Gasteiger charge is -2.33. The Hall–Kier alpha value is -1.23. The maximum Gasteiger partial charge on any atom is 0.243 e.